The molecule has 0 N–H and O–H groups in total. The van der Waals surface area contributed by atoms with Gasteiger partial charge in [0, 0.05) is 4.47 Å². The van der Waals surface area contributed by atoms with Crippen LogP contribution < -0.4 is 0 Å². The molecule has 1 aromatic carbocycles. The number of halogens is 1. The summed E-state index contributed by atoms with van der Waals surface area (Å²) in [6.07, 6.45) is 0. The van der Waals surface area contributed by atoms with Gasteiger partial charge in [-0.15, -0.1) is 0 Å². The fourth-order valence-corrected chi connectivity index (χ4v) is 2.01. The highest BCUT2D eigenvalue weighted by Crippen LogP contribution is 2.36. The van der Waals surface area contributed by atoms with Gasteiger partial charge in [-0.25, -0.2) is 0 Å². The second-order valence-corrected chi connectivity index (χ2v) is 4.52. The van der Waals surface area contributed by atoms with E-state index >= 15 is 0 Å². The van der Waals surface area contributed by atoms with Crippen molar-refractivity contribution in [3.05, 3.63) is 33.8 Å². The SMILES string of the molecule is CC1(C)OCc2cc(Br)ccc21. The van der Waals surface area contributed by atoms with Gasteiger partial charge in [0.25, 0.3) is 0 Å². The summed E-state index contributed by atoms with van der Waals surface area (Å²) in [5.74, 6) is 0. The van der Waals surface area contributed by atoms with Gasteiger partial charge in [0.05, 0.1) is 12.2 Å². The third kappa shape index (κ3) is 1.19. The molecule has 12 heavy (non-hydrogen) atoms. The Morgan fingerprint density at radius 2 is 2.17 bits per heavy atom. The van der Waals surface area contributed by atoms with Crippen LogP contribution in [0.1, 0.15) is 25.0 Å². The summed E-state index contributed by atoms with van der Waals surface area (Å²) in [7, 11) is 0. The molecule has 0 amide bonds. The van der Waals surface area contributed by atoms with Crippen molar-refractivity contribution >= 4 is 15.9 Å². The van der Waals surface area contributed by atoms with E-state index in [0.29, 0.717) is 0 Å². The number of hydrogen-bond donors (Lipinski definition) is 0. The van der Waals surface area contributed by atoms with Crippen molar-refractivity contribution < 1.29 is 4.74 Å². The number of rotatable bonds is 0. The molecule has 0 saturated heterocycles. The van der Waals surface area contributed by atoms with Crippen LogP contribution in [0.5, 0.6) is 0 Å². The molecule has 1 heterocycles. The van der Waals surface area contributed by atoms with Crippen molar-refractivity contribution in [2.24, 2.45) is 0 Å². The average molecular weight is 227 g/mol. The Balaban J connectivity index is 2.55. The Kier molecular flexibility index (Phi) is 1.77. The van der Waals surface area contributed by atoms with E-state index in [0.717, 1.165) is 11.1 Å². The van der Waals surface area contributed by atoms with Gasteiger partial charge >= 0.3 is 0 Å². The second kappa shape index (κ2) is 2.57. The van der Waals surface area contributed by atoms with Crippen LogP contribution in [-0.4, -0.2) is 0 Å². The van der Waals surface area contributed by atoms with Crippen molar-refractivity contribution in [1.29, 1.82) is 0 Å². The Bertz CT molecular complexity index is 318. The molecule has 1 aromatic rings. The molecule has 0 saturated carbocycles. The Labute approximate surface area is 80.9 Å². The maximum absolute atomic E-state index is 5.64. The van der Waals surface area contributed by atoms with Gasteiger partial charge in [-0.1, -0.05) is 22.0 Å². The molecule has 1 aliphatic heterocycles. The molecule has 0 fully saturated rings. The number of ether oxygens (including phenoxy) is 1. The summed E-state index contributed by atoms with van der Waals surface area (Å²) < 4.78 is 6.77. The van der Waals surface area contributed by atoms with Crippen molar-refractivity contribution in [2.45, 2.75) is 26.1 Å². The first-order valence-corrected chi connectivity index (χ1v) is 4.82. The first-order chi connectivity index (χ1) is 5.59. The van der Waals surface area contributed by atoms with E-state index in [1.54, 1.807) is 0 Å². The first kappa shape index (κ1) is 8.27. The summed E-state index contributed by atoms with van der Waals surface area (Å²) in [6.45, 7) is 4.95. The largest absolute Gasteiger partial charge is 0.366 e. The minimum Gasteiger partial charge on any atom is -0.366 e. The van der Waals surface area contributed by atoms with Crippen LogP contribution in [0.4, 0.5) is 0 Å². The van der Waals surface area contributed by atoms with E-state index in [9.17, 15) is 0 Å². The van der Waals surface area contributed by atoms with Gasteiger partial charge in [-0.05, 0) is 37.1 Å². The van der Waals surface area contributed by atoms with E-state index < -0.39 is 0 Å². The molecular weight excluding hydrogens is 216 g/mol. The van der Waals surface area contributed by atoms with Crippen molar-refractivity contribution in [3.63, 3.8) is 0 Å². The Morgan fingerprint density at radius 1 is 1.42 bits per heavy atom. The molecular formula is C10H11BrO. The highest BCUT2D eigenvalue weighted by Gasteiger charge is 2.30. The summed E-state index contributed by atoms with van der Waals surface area (Å²) in [5, 5.41) is 0. The highest BCUT2D eigenvalue weighted by atomic mass is 79.9. The third-order valence-electron chi connectivity index (χ3n) is 2.30. The normalized spacial score (nSPS) is 19.2. The lowest BCUT2D eigenvalue weighted by molar-refractivity contribution is -0.00789. The molecule has 0 radical (unpaired) electrons. The second-order valence-electron chi connectivity index (χ2n) is 3.60. The third-order valence-corrected chi connectivity index (χ3v) is 2.80. The van der Waals surface area contributed by atoms with Crippen LogP contribution in [0.15, 0.2) is 22.7 Å². The molecule has 0 atom stereocenters. The van der Waals surface area contributed by atoms with E-state index in [-0.39, 0.29) is 5.60 Å². The standard InChI is InChI=1S/C10H11BrO/c1-10(2)9-4-3-8(11)5-7(9)6-12-10/h3-5H,6H2,1-2H3. The zero-order chi connectivity index (χ0) is 8.77. The molecule has 0 bridgehead atoms. The van der Waals surface area contributed by atoms with Crippen molar-refractivity contribution in [3.8, 4) is 0 Å². The molecule has 64 valence electrons. The molecule has 0 aliphatic carbocycles. The maximum Gasteiger partial charge on any atom is 0.0883 e. The summed E-state index contributed by atoms with van der Waals surface area (Å²) in [5.41, 5.74) is 2.51. The van der Waals surface area contributed by atoms with Gasteiger partial charge in [-0.3, -0.25) is 0 Å². The van der Waals surface area contributed by atoms with Crippen LogP contribution in [0, 0.1) is 0 Å². The molecule has 0 spiro atoms. The quantitative estimate of drug-likeness (QED) is 0.661. The average Bonchev–Trinajstić information content (AvgIpc) is 2.27. The van der Waals surface area contributed by atoms with Crippen LogP contribution in [0.3, 0.4) is 0 Å². The molecule has 0 unspecified atom stereocenters. The summed E-state index contributed by atoms with van der Waals surface area (Å²) in [4.78, 5) is 0. The number of benzene rings is 1. The number of hydrogen-bond acceptors (Lipinski definition) is 1. The smallest absolute Gasteiger partial charge is 0.0883 e. The zero-order valence-corrected chi connectivity index (χ0v) is 8.81. The first-order valence-electron chi connectivity index (χ1n) is 4.02. The Hall–Kier alpha value is -0.340. The van der Waals surface area contributed by atoms with Gasteiger partial charge in [0.15, 0.2) is 0 Å². The van der Waals surface area contributed by atoms with Crippen molar-refractivity contribution in [1.82, 2.24) is 0 Å². The van der Waals surface area contributed by atoms with Crippen LogP contribution in [-0.2, 0) is 16.9 Å². The van der Waals surface area contributed by atoms with Crippen molar-refractivity contribution in [2.75, 3.05) is 0 Å². The topological polar surface area (TPSA) is 9.23 Å². The van der Waals surface area contributed by atoms with Gasteiger partial charge in [0.1, 0.15) is 0 Å². The molecule has 1 nitrogen and oxygen atoms in total. The van der Waals surface area contributed by atoms with Gasteiger partial charge in [0.2, 0.25) is 0 Å². The fourth-order valence-electron chi connectivity index (χ4n) is 1.60. The monoisotopic (exact) mass is 226 g/mol. The van der Waals surface area contributed by atoms with Gasteiger partial charge in [-0.2, -0.15) is 0 Å². The van der Waals surface area contributed by atoms with E-state index in [1.807, 2.05) is 0 Å². The fraction of sp³-hybridized carbons (Fsp3) is 0.400. The molecule has 2 rings (SSSR count). The van der Waals surface area contributed by atoms with Crippen LogP contribution in [0.25, 0.3) is 0 Å². The Morgan fingerprint density at radius 3 is 2.92 bits per heavy atom. The van der Waals surface area contributed by atoms with Crippen LogP contribution in [0.2, 0.25) is 0 Å². The highest BCUT2D eigenvalue weighted by molar-refractivity contribution is 9.10. The molecule has 1 aliphatic rings. The maximum atomic E-state index is 5.64. The van der Waals surface area contributed by atoms with E-state index in [4.69, 9.17) is 4.74 Å². The minimum absolute atomic E-state index is 0.101. The number of fused-ring (bicyclic) bond motifs is 1. The molecule has 2 heteroatoms. The van der Waals surface area contributed by atoms with E-state index in [2.05, 4.69) is 48.0 Å². The van der Waals surface area contributed by atoms with Gasteiger partial charge < -0.3 is 4.74 Å². The lowest BCUT2D eigenvalue weighted by Gasteiger charge is -2.17. The predicted molar refractivity (Wildman–Crippen MR) is 52.0 cm³/mol. The lowest BCUT2D eigenvalue weighted by atomic mass is 9.97. The van der Waals surface area contributed by atoms with E-state index in [1.165, 1.54) is 11.1 Å². The zero-order valence-electron chi connectivity index (χ0n) is 7.23. The summed E-state index contributed by atoms with van der Waals surface area (Å²) >= 11 is 3.45. The minimum atomic E-state index is -0.101. The predicted octanol–water partition coefficient (Wildman–Crippen LogP) is 3.21. The lowest BCUT2D eigenvalue weighted by Crippen LogP contribution is -2.14. The molecule has 0 aromatic heterocycles. The van der Waals surface area contributed by atoms with Crippen LogP contribution >= 0.6 is 15.9 Å². The summed E-state index contributed by atoms with van der Waals surface area (Å²) in [6, 6.07) is 6.33.